The number of hydrogen-bond donors (Lipinski definition) is 1. The van der Waals surface area contributed by atoms with Crippen LogP contribution >= 0.6 is 0 Å². The van der Waals surface area contributed by atoms with Crippen LogP contribution in [0.1, 0.15) is 18.4 Å². The van der Waals surface area contributed by atoms with Gasteiger partial charge in [0, 0.05) is 20.6 Å². The lowest BCUT2D eigenvalue weighted by molar-refractivity contribution is -0.120. The molecule has 1 aromatic rings. The molecule has 1 amide bonds. The minimum atomic E-state index is -0.0437. The molecular weight excluding hydrogens is 240 g/mol. The summed E-state index contributed by atoms with van der Waals surface area (Å²) >= 11 is 0. The van der Waals surface area contributed by atoms with Crippen molar-refractivity contribution in [3.63, 3.8) is 0 Å². The molecule has 1 atom stereocenters. The van der Waals surface area contributed by atoms with Crippen molar-refractivity contribution < 1.29 is 4.79 Å². The van der Waals surface area contributed by atoms with E-state index in [9.17, 15) is 4.79 Å². The van der Waals surface area contributed by atoms with Crippen molar-refractivity contribution in [3.05, 3.63) is 17.7 Å². The number of likely N-dealkylation sites (N-methyl/N-ethyl adjacent to an activating group) is 2. The summed E-state index contributed by atoms with van der Waals surface area (Å²) in [7, 11) is 3.86. The summed E-state index contributed by atoms with van der Waals surface area (Å²) in [4.78, 5) is 20.8. The van der Waals surface area contributed by atoms with Crippen molar-refractivity contribution in [2.24, 2.45) is 0 Å². The molecule has 2 aliphatic heterocycles. The maximum Gasteiger partial charge on any atom is 0.245 e. The first kappa shape index (κ1) is 12.4. The van der Waals surface area contributed by atoms with Crippen molar-refractivity contribution in [2.45, 2.75) is 25.3 Å². The zero-order valence-electron chi connectivity index (χ0n) is 11.5. The highest BCUT2D eigenvalue weighted by Crippen LogP contribution is 2.27. The molecule has 0 saturated carbocycles. The fourth-order valence-electron chi connectivity index (χ4n) is 2.82. The maximum atomic E-state index is 12.3. The third-order valence-electron chi connectivity index (χ3n) is 4.05. The summed E-state index contributed by atoms with van der Waals surface area (Å²) in [6.07, 6.45) is 3.04. The molecule has 0 radical (unpaired) electrons. The Hall–Kier alpha value is -1.62. The van der Waals surface area contributed by atoms with Gasteiger partial charge < -0.3 is 10.2 Å². The number of hydrogen-bond acceptors (Lipinski definition) is 4. The Morgan fingerprint density at radius 2 is 2.37 bits per heavy atom. The number of nitrogens with one attached hydrogen (secondary N) is 1. The molecule has 1 saturated heterocycles. The van der Waals surface area contributed by atoms with E-state index in [1.165, 1.54) is 5.56 Å². The van der Waals surface area contributed by atoms with Gasteiger partial charge in [-0.15, -0.1) is 0 Å². The zero-order valence-corrected chi connectivity index (χ0v) is 11.5. The van der Waals surface area contributed by atoms with Crippen molar-refractivity contribution >= 4 is 17.5 Å². The molecule has 0 bridgehead atoms. The van der Waals surface area contributed by atoms with E-state index >= 15 is 0 Å². The molecule has 1 N–H and O–H groups in total. The number of carbonyl (C=O) groups is 1. The Morgan fingerprint density at radius 3 is 3.11 bits per heavy atom. The topological polar surface area (TPSA) is 48.5 Å². The maximum absolute atomic E-state index is 12.3. The first-order valence-electron chi connectivity index (χ1n) is 6.89. The van der Waals surface area contributed by atoms with Crippen molar-refractivity contribution in [3.8, 4) is 0 Å². The number of pyridine rings is 1. The molecule has 19 heavy (non-hydrogen) atoms. The van der Waals surface area contributed by atoms with Crippen LogP contribution in [-0.2, 0) is 11.2 Å². The van der Waals surface area contributed by atoms with Crippen molar-refractivity contribution in [1.29, 1.82) is 0 Å². The van der Waals surface area contributed by atoms with Crippen molar-refractivity contribution in [2.75, 3.05) is 37.0 Å². The van der Waals surface area contributed by atoms with Gasteiger partial charge in [-0.3, -0.25) is 9.69 Å². The normalized spacial score (nSPS) is 21.6. The van der Waals surface area contributed by atoms with Crippen LogP contribution in [-0.4, -0.2) is 44.1 Å². The van der Waals surface area contributed by atoms with E-state index in [0.717, 1.165) is 44.0 Å². The van der Waals surface area contributed by atoms with E-state index in [0.29, 0.717) is 0 Å². The van der Waals surface area contributed by atoms with Gasteiger partial charge >= 0.3 is 0 Å². The van der Waals surface area contributed by atoms with Gasteiger partial charge in [0.05, 0.1) is 6.04 Å². The van der Waals surface area contributed by atoms with Gasteiger partial charge in [0.2, 0.25) is 5.91 Å². The Morgan fingerprint density at radius 1 is 1.53 bits per heavy atom. The van der Waals surface area contributed by atoms with Crippen LogP contribution in [0.2, 0.25) is 0 Å². The summed E-state index contributed by atoms with van der Waals surface area (Å²) < 4.78 is 0. The van der Waals surface area contributed by atoms with E-state index in [2.05, 4.69) is 21.3 Å². The van der Waals surface area contributed by atoms with Crippen LogP contribution in [0, 0.1) is 0 Å². The number of aromatic nitrogens is 1. The molecule has 0 aliphatic carbocycles. The third-order valence-corrected chi connectivity index (χ3v) is 4.05. The molecule has 0 unspecified atom stereocenters. The van der Waals surface area contributed by atoms with Gasteiger partial charge in [0.1, 0.15) is 11.6 Å². The fourth-order valence-corrected chi connectivity index (χ4v) is 2.82. The standard InChI is InChI=1S/C14H20N4O/c1-17-9-7-10-5-6-12(16-13(10)17)18(2)14(19)11-4-3-8-15-11/h5-6,11,15H,3-4,7-9H2,1-2H3/t11-/m0/s1. The molecule has 2 aliphatic rings. The van der Waals surface area contributed by atoms with Crippen LogP contribution in [0.3, 0.4) is 0 Å². The van der Waals surface area contributed by atoms with Crippen LogP contribution in [0.25, 0.3) is 0 Å². The third kappa shape index (κ3) is 2.18. The predicted molar refractivity (Wildman–Crippen MR) is 75.6 cm³/mol. The monoisotopic (exact) mass is 260 g/mol. The van der Waals surface area contributed by atoms with Gasteiger partial charge in [-0.05, 0) is 37.4 Å². The van der Waals surface area contributed by atoms with E-state index in [1.807, 2.05) is 20.2 Å². The van der Waals surface area contributed by atoms with Gasteiger partial charge in [-0.25, -0.2) is 4.98 Å². The Bertz CT molecular complexity index is 496. The molecule has 3 rings (SSSR count). The van der Waals surface area contributed by atoms with Crippen molar-refractivity contribution in [1.82, 2.24) is 10.3 Å². The smallest absolute Gasteiger partial charge is 0.245 e. The average Bonchev–Trinajstić information content (AvgIpc) is 3.07. The lowest BCUT2D eigenvalue weighted by Gasteiger charge is -2.21. The molecule has 0 aromatic carbocycles. The van der Waals surface area contributed by atoms with Crippen LogP contribution < -0.4 is 15.1 Å². The van der Waals surface area contributed by atoms with Gasteiger partial charge in [0.25, 0.3) is 0 Å². The van der Waals surface area contributed by atoms with Crippen LogP contribution in [0.4, 0.5) is 11.6 Å². The molecule has 3 heterocycles. The summed E-state index contributed by atoms with van der Waals surface area (Å²) in [5.41, 5.74) is 1.27. The largest absolute Gasteiger partial charge is 0.359 e. The summed E-state index contributed by atoms with van der Waals surface area (Å²) in [6.45, 7) is 1.94. The SMILES string of the molecule is CN1CCc2ccc(N(C)C(=O)[C@@H]3CCCN3)nc21. The summed E-state index contributed by atoms with van der Waals surface area (Å²) in [5.74, 6) is 1.87. The quantitative estimate of drug-likeness (QED) is 0.854. The molecular formula is C14H20N4O. The number of amides is 1. The summed E-state index contributed by atoms with van der Waals surface area (Å²) in [6, 6.07) is 4.00. The highest BCUT2D eigenvalue weighted by Gasteiger charge is 2.27. The van der Waals surface area contributed by atoms with Crippen LogP contribution in [0.5, 0.6) is 0 Å². The fraction of sp³-hybridized carbons (Fsp3) is 0.571. The number of nitrogens with zero attached hydrogens (tertiary/aromatic N) is 3. The second-order valence-corrected chi connectivity index (χ2v) is 5.37. The minimum Gasteiger partial charge on any atom is -0.359 e. The molecule has 5 heteroatoms. The predicted octanol–water partition coefficient (Wildman–Crippen LogP) is 0.789. The summed E-state index contributed by atoms with van der Waals surface area (Å²) in [5, 5.41) is 3.24. The number of rotatable bonds is 2. The zero-order chi connectivity index (χ0) is 13.4. The second-order valence-electron chi connectivity index (χ2n) is 5.37. The first-order chi connectivity index (χ1) is 9.16. The Labute approximate surface area is 113 Å². The van der Waals surface area contributed by atoms with Gasteiger partial charge in [-0.1, -0.05) is 6.07 Å². The van der Waals surface area contributed by atoms with Gasteiger partial charge in [-0.2, -0.15) is 0 Å². The lowest BCUT2D eigenvalue weighted by Crippen LogP contribution is -2.42. The minimum absolute atomic E-state index is 0.0437. The molecule has 1 fully saturated rings. The van der Waals surface area contributed by atoms with E-state index < -0.39 is 0 Å². The Balaban J connectivity index is 1.82. The second kappa shape index (κ2) is 4.81. The van der Waals surface area contributed by atoms with Gasteiger partial charge in [0.15, 0.2) is 0 Å². The Kier molecular flexibility index (Phi) is 3.14. The molecule has 102 valence electrons. The highest BCUT2D eigenvalue weighted by atomic mass is 16.2. The highest BCUT2D eigenvalue weighted by molar-refractivity contribution is 5.96. The average molecular weight is 260 g/mol. The number of carbonyl (C=O) groups excluding carboxylic acids is 1. The van der Waals surface area contributed by atoms with E-state index in [1.54, 1.807) is 4.90 Å². The molecule has 1 aromatic heterocycles. The lowest BCUT2D eigenvalue weighted by atomic mass is 10.2. The van der Waals surface area contributed by atoms with E-state index in [-0.39, 0.29) is 11.9 Å². The number of fused-ring (bicyclic) bond motifs is 1. The number of anilines is 2. The molecule has 5 nitrogen and oxygen atoms in total. The first-order valence-corrected chi connectivity index (χ1v) is 6.89. The molecule has 0 spiro atoms. The van der Waals surface area contributed by atoms with Crippen LogP contribution in [0.15, 0.2) is 12.1 Å². The van der Waals surface area contributed by atoms with E-state index in [4.69, 9.17) is 0 Å².